The normalized spacial score (nSPS) is 10.6. The first-order valence-corrected chi connectivity index (χ1v) is 7.15. The molecule has 118 valence electrons. The van der Waals surface area contributed by atoms with Gasteiger partial charge < -0.3 is 19.2 Å². The molecule has 1 amide bonds. The van der Waals surface area contributed by atoms with E-state index in [9.17, 15) is 4.79 Å². The van der Waals surface area contributed by atoms with Crippen molar-refractivity contribution in [2.24, 2.45) is 0 Å². The van der Waals surface area contributed by atoms with Crippen LogP contribution in [0.5, 0.6) is 11.5 Å². The van der Waals surface area contributed by atoms with Crippen molar-refractivity contribution in [2.75, 3.05) is 19.5 Å². The molecule has 0 spiro atoms. The Labute approximate surface area is 133 Å². The summed E-state index contributed by atoms with van der Waals surface area (Å²) in [5.41, 5.74) is 2.20. The van der Waals surface area contributed by atoms with E-state index in [2.05, 4.69) is 5.32 Å². The highest BCUT2D eigenvalue weighted by Gasteiger charge is 2.15. The summed E-state index contributed by atoms with van der Waals surface area (Å²) in [5.74, 6) is 1.13. The molecule has 0 aliphatic carbocycles. The predicted octanol–water partition coefficient (Wildman–Crippen LogP) is 4.01. The fourth-order valence-electron chi connectivity index (χ4n) is 2.39. The first kappa shape index (κ1) is 15.0. The van der Waals surface area contributed by atoms with Crippen LogP contribution in [-0.4, -0.2) is 20.1 Å². The molecule has 1 heterocycles. The summed E-state index contributed by atoms with van der Waals surface area (Å²) in [5, 5.41) is 3.74. The van der Waals surface area contributed by atoms with Gasteiger partial charge in [-0.05, 0) is 30.7 Å². The molecule has 0 aliphatic rings. The second-order valence-electron chi connectivity index (χ2n) is 5.12. The maximum Gasteiger partial charge on any atom is 0.291 e. The first-order valence-electron chi connectivity index (χ1n) is 7.15. The zero-order chi connectivity index (χ0) is 16.4. The summed E-state index contributed by atoms with van der Waals surface area (Å²) >= 11 is 0. The quantitative estimate of drug-likeness (QED) is 0.791. The number of furan rings is 1. The Hall–Kier alpha value is -2.95. The van der Waals surface area contributed by atoms with Crippen molar-refractivity contribution in [3.05, 3.63) is 53.8 Å². The fourth-order valence-corrected chi connectivity index (χ4v) is 2.39. The van der Waals surface area contributed by atoms with E-state index in [1.165, 1.54) is 0 Å². The third-order valence-electron chi connectivity index (χ3n) is 3.63. The number of ether oxygens (including phenoxy) is 2. The molecule has 23 heavy (non-hydrogen) atoms. The largest absolute Gasteiger partial charge is 0.493 e. The number of hydrogen-bond acceptors (Lipinski definition) is 4. The minimum atomic E-state index is -0.309. The molecule has 5 heteroatoms. The molecule has 0 saturated heterocycles. The minimum absolute atomic E-state index is 0.264. The van der Waals surface area contributed by atoms with Crippen LogP contribution >= 0.6 is 0 Å². The molecule has 1 aromatic heterocycles. The van der Waals surface area contributed by atoms with Crippen molar-refractivity contribution in [2.45, 2.75) is 6.92 Å². The van der Waals surface area contributed by atoms with Crippen LogP contribution in [0.3, 0.4) is 0 Å². The van der Waals surface area contributed by atoms with Crippen LogP contribution in [0.1, 0.15) is 16.1 Å². The van der Waals surface area contributed by atoms with Gasteiger partial charge in [0, 0.05) is 17.1 Å². The van der Waals surface area contributed by atoms with E-state index in [1.807, 2.05) is 37.3 Å². The number of rotatable bonds is 4. The van der Waals surface area contributed by atoms with Gasteiger partial charge in [-0.3, -0.25) is 4.79 Å². The van der Waals surface area contributed by atoms with Gasteiger partial charge in [-0.25, -0.2) is 0 Å². The number of aryl methyl sites for hydroxylation is 1. The summed E-state index contributed by atoms with van der Waals surface area (Å²) in [6.07, 6.45) is 0. The number of nitrogens with one attached hydrogen (secondary N) is 1. The van der Waals surface area contributed by atoms with Crippen LogP contribution < -0.4 is 14.8 Å². The molecule has 0 bridgehead atoms. The number of carbonyl (C=O) groups excluding carboxylic acids is 1. The molecule has 5 nitrogen and oxygen atoms in total. The number of para-hydroxylation sites is 1. The van der Waals surface area contributed by atoms with Gasteiger partial charge in [0.2, 0.25) is 0 Å². The Bertz CT molecular complexity index is 834. The van der Waals surface area contributed by atoms with Gasteiger partial charge in [0.15, 0.2) is 17.3 Å². The monoisotopic (exact) mass is 311 g/mol. The molecule has 0 fully saturated rings. The smallest absolute Gasteiger partial charge is 0.291 e. The summed E-state index contributed by atoms with van der Waals surface area (Å²) < 4.78 is 16.1. The van der Waals surface area contributed by atoms with Crippen LogP contribution in [0, 0.1) is 6.92 Å². The molecular weight excluding hydrogens is 294 g/mol. The van der Waals surface area contributed by atoms with Crippen molar-refractivity contribution in [1.29, 1.82) is 0 Å². The lowest BCUT2D eigenvalue weighted by Crippen LogP contribution is -2.12. The zero-order valence-corrected chi connectivity index (χ0v) is 13.2. The third kappa shape index (κ3) is 2.85. The Morgan fingerprint density at radius 2 is 1.74 bits per heavy atom. The average molecular weight is 311 g/mol. The number of hydrogen-bond donors (Lipinski definition) is 1. The third-order valence-corrected chi connectivity index (χ3v) is 3.63. The molecule has 2 aromatic carbocycles. The SMILES string of the molecule is COc1cc(C)c(NC(=O)c2cc3ccccc3o2)cc1OC. The maximum atomic E-state index is 12.4. The Morgan fingerprint density at radius 1 is 1.04 bits per heavy atom. The van der Waals surface area contributed by atoms with Crippen LogP contribution in [0.2, 0.25) is 0 Å². The van der Waals surface area contributed by atoms with Gasteiger partial charge in [-0.1, -0.05) is 18.2 Å². The lowest BCUT2D eigenvalue weighted by atomic mass is 10.1. The highest BCUT2D eigenvalue weighted by molar-refractivity contribution is 6.05. The van der Waals surface area contributed by atoms with Crippen molar-refractivity contribution < 1.29 is 18.7 Å². The predicted molar refractivity (Wildman–Crippen MR) is 88.5 cm³/mol. The van der Waals surface area contributed by atoms with E-state index in [0.29, 0.717) is 22.8 Å². The van der Waals surface area contributed by atoms with Crippen LogP contribution in [-0.2, 0) is 0 Å². The maximum absolute atomic E-state index is 12.4. The molecular formula is C18H17NO4. The first-order chi connectivity index (χ1) is 11.1. The van der Waals surface area contributed by atoms with Crippen LogP contribution in [0.15, 0.2) is 46.9 Å². The Morgan fingerprint density at radius 3 is 2.43 bits per heavy atom. The van der Waals surface area contributed by atoms with Gasteiger partial charge >= 0.3 is 0 Å². The van der Waals surface area contributed by atoms with Gasteiger partial charge in [0.1, 0.15) is 5.58 Å². The summed E-state index contributed by atoms with van der Waals surface area (Å²) in [6.45, 7) is 1.89. The van der Waals surface area contributed by atoms with E-state index < -0.39 is 0 Å². The van der Waals surface area contributed by atoms with E-state index in [-0.39, 0.29) is 11.7 Å². The number of fused-ring (bicyclic) bond motifs is 1. The summed E-state index contributed by atoms with van der Waals surface area (Å²) in [4.78, 5) is 12.4. The summed E-state index contributed by atoms with van der Waals surface area (Å²) in [7, 11) is 3.13. The fraction of sp³-hybridized carbons (Fsp3) is 0.167. The highest BCUT2D eigenvalue weighted by Crippen LogP contribution is 2.33. The number of anilines is 1. The topological polar surface area (TPSA) is 60.7 Å². The lowest BCUT2D eigenvalue weighted by molar-refractivity contribution is 0.0998. The van der Waals surface area contributed by atoms with Gasteiger partial charge in [0.25, 0.3) is 5.91 Å². The molecule has 0 saturated carbocycles. The van der Waals surface area contributed by atoms with Crippen molar-refractivity contribution in [3.8, 4) is 11.5 Å². The summed E-state index contributed by atoms with van der Waals surface area (Å²) in [6, 6.07) is 12.8. The number of benzene rings is 2. The average Bonchev–Trinajstić information content (AvgIpc) is 3.00. The van der Waals surface area contributed by atoms with E-state index >= 15 is 0 Å². The van der Waals surface area contributed by atoms with Gasteiger partial charge in [0.05, 0.1) is 14.2 Å². The van der Waals surface area contributed by atoms with Gasteiger partial charge in [-0.15, -0.1) is 0 Å². The molecule has 0 aliphatic heterocycles. The van der Waals surface area contributed by atoms with E-state index in [4.69, 9.17) is 13.9 Å². The molecule has 0 atom stereocenters. The van der Waals surface area contributed by atoms with Crippen LogP contribution in [0.25, 0.3) is 11.0 Å². The second-order valence-corrected chi connectivity index (χ2v) is 5.12. The Kier molecular flexibility index (Phi) is 3.93. The van der Waals surface area contributed by atoms with E-state index in [0.717, 1.165) is 10.9 Å². The standard InChI is InChI=1S/C18H17NO4/c1-11-8-15(21-2)16(22-3)10-13(11)19-18(20)17-9-12-6-4-5-7-14(12)23-17/h4-10H,1-3H3,(H,19,20). The molecule has 0 unspecified atom stereocenters. The van der Waals surface area contributed by atoms with E-state index in [1.54, 1.807) is 26.4 Å². The Balaban J connectivity index is 1.90. The number of carbonyl (C=O) groups is 1. The lowest BCUT2D eigenvalue weighted by Gasteiger charge is -2.13. The number of amides is 1. The van der Waals surface area contributed by atoms with Crippen LogP contribution in [0.4, 0.5) is 5.69 Å². The molecule has 3 aromatic rings. The van der Waals surface area contributed by atoms with Crippen molar-refractivity contribution >= 4 is 22.6 Å². The second kappa shape index (κ2) is 6.04. The van der Waals surface area contributed by atoms with Crippen molar-refractivity contribution in [1.82, 2.24) is 0 Å². The minimum Gasteiger partial charge on any atom is -0.493 e. The highest BCUT2D eigenvalue weighted by atomic mass is 16.5. The van der Waals surface area contributed by atoms with Gasteiger partial charge in [-0.2, -0.15) is 0 Å². The molecule has 1 N–H and O–H groups in total. The molecule has 0 radical (unpaired) electrons. The molecule has 3 rings (SSSR count). The zero-order valence-electron chi connectivity index (χ0n) is 13.2. The number of methoxy groups -OCH3 is 2. The van der Waals surface area contributed by atoms with Crippen molar-refractivity contribution in [3.63, 3.8) is 0 Å².